The number of aromatic nitrogens is 1. The largest absolute Gasteiger partial charge is 0.475 e. The van der Waals surface area contributed by atoms with Gasteiger partial charge in [-0.25, -0.2) is 9.78 Å². The van der Waals surface area contributed by atoms with Crippen molar-refractivity contribution in [3.05, 3.63) is 42.0 Å². The fraction of sp³-hybridized carbons (Fsp3) is 0.286. The first-order chi connectivity index (χ1) is 8.58. The molecule has 0 amide bonds. The third-order valence-corrected chi connectivity index (χ3v) is 2.63. The van der Waals surface area contributed by atoms with Crippen molar-refractivity contribution in [2.45, 2.75) is 20.3 Å². The van der Waals surface area contributed by atoms with Crippen molar-refractivity contribution in [3.8, 4) is 11.3 Å². The maximum atomic E-state index is 10.9. The molecule has 0 aliphatic carbocycles. The third kappa shape index (κ3) is 2.59. The number of benzene rings is 1. The molecule has 2 aromatic rings. The monoisotopic (exact) mass is 245 g/mol. The molecule has 4 heteroatoms. The minimum absolute atomic E-state index is 0.119. The zero-order chi connectivity index (χ0) is 13.1. The maximum Gasteiger partial charge on any atom is 0.374 e. The van der Waals surface area contributed by atoms with Gasteiger partial charge in [0.25, 0.3) is 0 Å². The molecular formula is C14H15NO3. The molecule has 0 radical (unpaired) electrons. The van der Waals surface area contributed by atoms with Crippen LogP contribution in [0, 0.1) is 5.92 Å². The summed E-state index contributed by atoms with van der Waals surface area (Å²) in [6, 6.07) is 7.75. The van der Waals surface area contributed by atoms with E-state index in [9.17, 15) is 4.79 Å². The second-order valence-corrected chi connectivity index (χ2v) is 4.63. The highest BCUT2D eigenvalue weighted by molar-refractivity contribution is 5.91. The molecule has 94 valence electrons. The van der Waals surface area contributed by atoms with E-state index < -0.39 is 5.97 Å². The molecule has 0 fully saturated rings. The lowest BCUT2D eigenvalue weighted by atomic mass is 10.0. The summed E-state index contributed by atoms with van der Waals surface area (Å²) in [6.07, 6.45) is 2.16. The third-order valence-electron chi connectivity index (χ3n) is 2.63. The molecule has 4 nitrogen and oxygen atoms in total. The molecule has 0 unspecified atom stereocenters. The smallest absolute Gasteiger partial charge is 0.374 e. The average molecular weight is 245 g/mol. The Bertz CT molecular complexity index is 540. The highest BCUT2D eigenvalue weighted by atomic mass is 16.4. The van der Waals surface area contributed by atoms with Gasteiger partial charge in [0, 0.05) is 5.56 Å². The van der Waals surface area contributed by atoms with Crippen LogP contribution in [0.1, 0.15) is 30.0 Å². The maximum absolute atomic E-state index is 10.9. The molecule has 0 saturated carbocycles. The Kier molecular flexibility index (Phi) is 3.46. The summed E-state index contributed by atoms with van der Waals surface area (Å²) in [4.78, 5) is 14.9. The molecule has 18 heavy (non-hydrogen) atoms. The Labute approximate surface area is 105 Å². The average Bonchev–Trinajstić information content (AvgIpc) is 2.78. The van der Waals surface area contributed by atoms with Gasteiger partial charge in [0.1, 0.15) is 5.69 Å². The van der Waals surface area contributed by atoms with Gasteiger partial charge in [0.05, 0.1) is 0 Å². The number of carbonyl (C=O) groups is 1. The van der Waals surface area contributed by atoms with Crippen LogP contribution in [0.25, 0.3) is 11.3 Å². The number of rotatable bonds is 4. The van der Waals surface area contributed by atoms with E-state index in [0.29, 0.717) is 11.6 Å². The molecule has 0 aliphatic rings. The zero-order valence-electron chi connectivity index (χ0n) is 10.4. The normalized spacial score (nSPS) is 10.8. The molecule has 1 aromatic heterocycles. The summed E-state index contributed by atoms with van der Waals surface area (Å²) in [5, 5.41) is 8.96. The van der Waals surface area contributed by atoms with E-state index in [4.69, 9.17) is 9.52 Å². The molecule has 1 heterocycles. The van der Waals surface area contributed by atoms with Gasteiger partial charge in [-0.3, -0.25) is 0 Å². The fourth-order valence-corrected chi connectivity index (χ4v) is 1.87. The van der Waals surface area contributed by atoms with Gasteiger partial charge < -0.3 is 9.52 Å². The van der Waals surface area contributed by atoms with Crippen LogP contribution in [0.3, 0.4) is 0 Å². The van der Waals surface area contributed by atoms with Crippen molar-refractivity contribution in [2.24, 2.45) is 5.92 Å². The highest BCUT2D eigenvalue weighted by Crippen LogP contribution is 2.23. The topological polar surface area (TPSA) is 63.3 Å². The minimum Gasteiger partial charge on any atom is -0.475 e. The quantitative estimate of drug-likeness (QED) is 0.898. The Hall–Kier alpha value is -2.10. The van der Waals surface area contributed by atoms with Crippen LogP contribution in [-0.4, -0.2) is 16.1 Å². The Morgan fingerprint density at radius 1 is 1.33 bits per heavy atom. The number of hydrogen-bond donors (Lipinski definition) is 1. The number of carboxylic acid groups (broad SMARTS) is 1. The van der Waals surface area contributed by atoms with Gasteiger partial charge >= 0.3 is 5.97 Å². The standard InChI is InChI=1S/C14H15NO3/c1-9(2)7-10-3-5-11(6-4-10)12-13(14(16)17)18-8-15-12/h3-6,8-9H,7H2,1-2H3,(H,16,17). The van der Waals surface area contributed by atoms with Gasteiger partial charge in [0.15, 0.2) is 6.39 Å². The number of nitrogens with zero attached hydrogens (tertiary/aromatic N) is 1. The summed E-state index contributed by atoms with van der Waals surface area (Å²) in [6.45, 7) is 4.32. The van der Waals surface area contributed by atoms with E-state index in [2.05, 4.69) is 18.8 Å². The van der Waals surface area contributed by atoms with Crippen molar-refractivity contribution < 1.29 is 14.3 Å². The van der Waals surface area contributed by atoms with Crippen LogP contribution < -0.4 is 0 Å². The van der Waals surface area contributed by atoms with Gasteiger partial charge in [-0.2, -0.15) is 0 Å². The minimum atomic E-state index is -1.10. The van der Waals surface area contributed by atoms with E-state index in [0.717, 1.165) is 18.4 Å². The first-order valence-electron chi connectivity index (χ1n) is 5.84. The molecule has 0 saturated heterocycles. The Balaban J connectivity index is 2.29. The van der Waals surface area contributed by atoms with Gasteiger partial charge in [-0.05, 0) is 17.9 Å². The van der Waals surface area contributed by atoms with Gasteiger partial charge in [-0.1, -0.05) is 38.1 Å². The lowest BCUT2D eigenvalue weighted by Gasteiger charge is -2.05. The van der Waals surface area contributed by atoms with Crippen molar-refractivity contribution >= 4 is 5.97 Å². The van der Waals surface area contributed by atoms with Gasteiger partial charge in [0.2, 0.25) is 5.76 Å². The zero-order valence-corrected chi connectivity index (χ0v) is 10.4. The molecule has 1 N–H and O–H groups in total. The summed E-state index contributed by atoms with van der Waals surface area (Å²) in [7, 11) is 0. The number of carboxylic acids is 1. The molecule has 0 spiro atoms. The van der Waals surface area contributed by atoms with Crippen molar-refractivity contribution in [2.75, 3.05) is 0 Å². The molecule has 0 atom stereocenters. The van der Waals surface area contributed by atoms with Crippen LogP contribution in [-0.2, 0) is 6.42 Å². The van der Waals surface area contributed by atoms with Gasteiger partial charge in [-0.15, -0.1) is 0 Å². The molecule has 0 bridgehead atoms. The lowest BCUT2D eigenvalue weighted by Crippen LogP contribution is -1.97. The summed E-state index contributed by atoms with van der Waals surface area (Å²) in [5.41, 5.74) is 2.36. The van der Waals surface area contributed by atoms with Crippen LogP contribution in [0.4, 0.5) is 0 Å². The van der Waals surface area contributed by atoms with Crippen LogP contribution in [0.2, 0.25) is 0 Å². The van der Waals surface area contributed by atoms with Crippen LogP contribution in [0.15, 0.2) is 35.1 Å². The summed E-state index contributed by atoms with van der Waals surface area (Å²) in [5.74, 6) is -0.627. The number of aromatic carboxylic acids is 1. The fourth-order valence-electron chi connectivity index (χ4n) is 1.87. The van der Waals surface area contributed by atoms with E-state index in [1.807, 2.05) is 24.3 Å². The van der Waals surface area contributed by atoms with Crippen molar-refractivity contribution in [3.63, 3.8) is 0 Å². The molecular weight excluding hydrogens is 230 g/mol. The SMILES string of the molecule is CC(C)Cc1ccc(-c2ncoc2C(=O)O)cc1. The highest BCUT2D eigenvalue weighted by Gasteiger charge is 2.17. The predicted octanol–water partition coefficient (Wildman–Crippen LogP) is 3.24. The van der Waals surface area contributed by atoms with Crippen LogP contribution in [0.5, 0.6) is 0 Å². The molecule has 1 aromatic carbocycles. The number of oxazole rings is 1. The van der Waals surface area contributed by atoms with E-state index in [-0.39, 0.29) is 5.76 Å². The second kappa shape index (κ2) is 5.04. The Morgan fingerprint density at radius 3 is 2.56 bits per heavy atom. The lowest BCUT2D eigenvalue weighted by molar-refractivity contribution is 0.0663. The molecule has 2 rings (SSSR count). The summed E-state index contributed by atoms with van der Waals surface area (Å²) < 4.78 is 4.86. The molecule has 0 aliphatic heterocycles. The predicted molar refractivity (Wildman–Crippen MR) is 67.4 cm³/mol. The number of hydrogen-bond acceptors (Lipinski definition) is 3. The first kappa shape index (κ1) is 12.4. The van der Waals surface area contributed by atoms with Crippen molar-refractivity contribution in [1.82, 2.24) is 4.98 Å². The van der Waals surface area contributed by atoms with E-state index >= 15 is 0 Å². The second-order valence-electron chi connectivity index (χ2n) is 4.63. The van der Waals surface area contributed by atoms with E-state index in [1.54, 1.807) is 0 Å². The van der Waals surface area contributed by atoms with Crippen molar-refractivity contribution in [1.29, 1.82) is 0 Å². The Morgan fingerprint density at radius 2 is 2.00 bits per heavy atom. The van der Waals surface area contributed by atoms with E-state index in [1.165, 1.54) is 5.56 Å². The first-order valence-corrected chi connectivity index (χ1v) is 5.84. The summed E-state index contributed by atoms with van der Waals surface area (Å²) >= 11 is 0. The van der Waals surface area contributed by atoms with Crippen LogP contribution >= 0.6 is 0 Å².